The highest BCUT2D eigenvalue weighted by Crippen LogP contribution is 2.27. The zero-order valence-electron chi connectivity index (χ0n) is 11.3. The molecule has 4 heteroatoms. The van der Waals surface area contributed by atoms with E-state index in [1.807, 2.05) is 13.0 Å². The fraction of sp³-hybridized carbons (Fsp3) is 0.250. The van der Waals surface area contributed by atoms with Crippen molar-refractivity contribution in [3.63, 3.8) is 0 Å². The van der Waals surface area contributed by atoms with Gasteiger partial charge in [0.05, 0.1) is 6.10 Å². The van der Waals surface area contributed by atoms with Gasteiger partial charge in [0.25, 0.3) is 0 Å². The summed E-state index contributed by atoms with van der Waals surface area (Å²) in [6, 6.07) is 7.59. The van der Waals surface area contributed by atoms with Crippen LogP contribution in [0.3, 0.4) is 0 Å². The first kappa shape index (κ1) is 14.9. The zero-order valence-corrected chi connectivity index (χ0v) is 12.0. The highest BCUT2D eigenvalue weighted by Gasteiger charge is 2.17. The van der Waals surface area contributed by atoms with Crippen molar-refractivity contribution in [1.82, 2.24) is 0 Å². The van der Waals surface area contributed by atoms with E-state index in [9.17, 15) is 13.9 Å². The first-order valence-electron chi connectivity index (χ1n) is 6.27. The summed E-state index contributed by atoms with van der Waals surface area (Å²) < 4.78 is 26.9. The van der Waals surface area contributed by atoms with E-state index in [-0.39, 0.29) is 12.0 Å². The Labute approximate surface area is 121 Å². The van der Waals surface area contributed by atoms with E-state index in [4.69, 9.17) is 11.6 Å². The van der Waals surface area contributed by atoms with Crippen LogP contribution in [0.15, 0.2) is 30.3 Å². The largest absolute Gasteiger partial charge is 0.388 e. The molecule has 0 saturated heterocycles. The molecule has 0 saturated carbocycles. The number of hydrogen-bond donors (Lipinski definition) is 1. The SMILES string of the molecule is Cc1ccc(CC(O)c2cc(C)c(F)cc2F)c(Cl)c1. The molecule has 0 aliphatic rings. The molecule has 1 N–H and O–H groups in total. The summed E-state index contributed by atoms with van der Waals surface area (Å²) in [5.41, 5.74) is 2.12. The highest BCUT2D eigenvalue weighted by molar-refractivity contribution is 6.31. The molecule has 0 amide bonds. The summed E-state index contributed by atoms with van der Waals surface area (Å²) in [6.07, 6.45) is -0.879. The Morgan fingerprint density at radius 2 is 1.80 bits per heavy atom. The van der Waals surface area contributed by atoms with E-state index in [0.717, 1.165) is 17.2 Å². The number of benzene rings is 2. The van der Waals surface area contributed by atoms with Gasteiger partial charge in [0, 0.05) is 23.1 Å². The Kier molecular flexibility index (Phi) is 4.41. The molecule has 1 unspecified atom stereocenters. The van der Waals surface area contributed by atoms with Crippen molar-refractivity contribution in [2.75, 3.05) is 0 Å². The molecule has 0 spiro atoms. The summed E-state index contributed by atoms with van der Waals surface area (Å²) >= 11 is 6.09. The third-order valence-electron chi connectivity index (χ3n) is 3.26. The smallest absolute Gasteiger partial charge is 0.131 e. The van der Waals surface area contributed by atoms with Crippen molar-refractivity contribution in [2.24, 2.45) is 0 Å². The maximum atomic E-state index is 13.7. The van der Waals surface area contributed by atoms with Gasteiger partial charge in [-0.1, -0.05) is 23.7 Å². The van der Waals surface area contributed by atoms with Crippen LogP contribution >= 0.6 is 11.6 Å². The Hall–Kier alpha value is -1.45. The molecule has 2 aromatic rings. The number of aliphatic hydroxyl groups excluding tert-OH is 1. The van der Waals surface area contributed by atoms with Crippen LogP contribution in [0.4, 0.5) is 8.78 Å². The van der Waals surface area contributed by atoms with Crippen LogP contribution in [0.5, 0.6) is 0 Å². The molecule has 2 aromatic carbocycles. The molecule has 0 fully saturated rings. The van der Waals surface area contributed by atoms with Crippen molar-refractivity contribution in [3.05, 3.63) is 69.2 Å². The van der Waals surface area contributed by atoms with Crippen LogP contribution < -0.4 is 0 Å². The standard InChI is InChI=1S/C16H15ClF2O/c1-9-3-4-11(13(17)5-9)7-16(20)12-6-10(2)14(18)8-15(12)19/h3-6,8,16,20H,7H2,1-2H3. The number of rotatable bonds is 3. The van der Waals surface area contributed by atoms with E-state index in [1.54, 1.807) is 12.1 Å². The van der Waals surface area contributed by atoms with E-state index in [1.165, 1.54) is 13.0 Å². The second-order valence-corrected chi connectivity index (χ2v) is 5.34. The summed E-state index contributed by atoms with van der Waals surface area (Å²) in [6.45, 7) is 3.44. The number of hydrogen-bond acceptors (Lipinski definition) is 1. The molecule has 20 heavy (non-hydrogen) atoms. The average Bonchev–Trinajstić information content (AvgIpc) is 2.37. The minimum Gasteiger partial charge on any atom is -0.388 e. The summed E-state index contributed by atoms with van der Waals surface area (Å²) in [4.78, 5) is 0. The number of aryl methyl sites for hydroxylation is 2. The molecule has 0 aromatic heterocycles. The Morgan fingerprint density at radius 1 is 1.10 bits per heavy atom. The quantitative estimate of drug-likeness (QED) is 0.883. The van der Waals surface area contributed by atoms with Gasteiger partial charge >= 0.3 is 0 Å². The second-order valence-electron chi connectivity index (χ2n) is 4.94. The Balaban J connectivity index is 2.28. The first-order valence-corrected chi connectivity index (χ1v) is 6.65. The van der Waals surface area contributed by atoms with Gasteiger partial charge in [-0.05, 0) is 42.7 Å². The predicted molar refractivity (Wildman–Crippen MR) is 75.9 cm³/mol. The summed E-state index contributed by atoms with van der Waals surface area (Å²) in [5.74, 6) is -1.37. The van der Waals surface area contributed by atoms with Gasteiger partial charge in [0.15, 0.2) is 0 Å². The highest BCUT2D eigenvalue weighted by atomic mass is 35.5. The lowest BCUT2D eigenvalue weighted by molar-refractivity contribution is 0.173. The van der Waals surface area contributed by atoms with Crippen LogP contribution in [0, 0.1) is 25.5 Å². The van der Waals surface area contributed by atoms with Crippen molar-refractivity contribution < 1.29 is 13.9 Å². The monoisotopic (exact) mass is 296 g/mol. The van der Waals surface area contributed by atoms with Gasteiger partial charge in [-0.2, -0.15) is 0 Å². The molecule has 0 radical (unpaired) electrons. The van der Waals surface area contributed by atoms with E-state index in [2.05, 4.69) is 0 Å². The molecule has 0 aliphatic heterocycles. The Morgan fingerprint density at radius 3 is 2.45 bits per heavy atom. The van der Waals surface area contributed by atoms with Gasteiger partial charge in [0.1, 0.15) is 11.6 Å². The molecule has 106 valence electrons. The maximum absolute atomic E-state index is 13.7. The average molecular weight is 297 g/mol. The van der Waals surface area contributed by atoms with Gasteiger partial charge in [0.2, 0.25) is 0 Å². The van der Waals surface area contributed by atoms with Crippen LogP contribution in [-0.4, -0.2) is 5.11 Å². The normalized spacial score (nSPS) is 12.5. The molecule has 0 aliphatic carbocycles. The molecular weight excluding hydrogens is 282 g/mol. The van der Waals surface area contributed by atoms with Crippen molar-refractivity contribution >= 4 is 11.6 Å². The summed E-state index contributed by atoms with van der Waals surface area (Å²) in [5, 5.41) is 10.7. The molecule has 0 bridgehead atoms. The van der Waals surface area contributed by atoms with E-state index in [0.29, 0.717) is 10.6 Å². The molecule has 0 heterocycles. The van der Waals surface area contributed by atoms with Crippen molar-refractivity contribution in [3.8, 4) is 0 Å². The lowest BCUT2D eigenvalue weighted by atomic mass is 9.98. The van der Waals surface area contributed by atoms with E-state index < -0.39 is 17.7 Å². The third kappa shape index (κ3) is 3.17. The lowest BCUT2D eigenvalue weighted by Gasteiger charge is -2.14. The number of aliphatic hydroxyl groups is 1. The zero-order chi connectivity index (χ0) is 14.9. The maximum Gasteiger partial charge on any atom is 0.131 e. The third-order valence-corrected chi connectivity index (χ3v) is 3.61. The minimum absolute atomic E-state index is 0.0838. The fourth-order valence-electron chi connectivity index (χ4n) is 2.07. The Bertz CT molecular complexity index is 641. The number of halogens is 3. The molecular formula is C16H15ClF2O. The van der Waals surface area contributed by atoms with Crippen molar-refractivity contribution in [1.29, 1.82) is 0 Å². The topological polar surface area (TPSA) is 20.2 Å². The van der Waals surface area contributed by atoms with Crippen LogP contribution in [0.1, 0.15) is 28.4 Å². The second kappa shape index (κ2) is 5.90. The molecule has 1 nitrogen and oxygen atoms in total. The predicted octanol–water partition coefficient (Wildman–Crippen LogP) is 4.51. The van der Waals surface area contributed by atoms with Crippen LogP contribution in [-0.2, 0) is 6.42 Å². The molecule has 1 atom stereocenters. The van der Waals surface area contributed by atoms with Crippen molar-refractivity contribution in [2.45, 2.75) is 26.4 Å². The van der Waals surface area contributed by atoms with Gasteiger partial charge in [-0.15, -0.1) is 0 Å². The van der Waals surface area contributed by atoms with Gasteiger partial charge in [-0.3, -0.25) is 0 Å². The van der Waals surface area contributed by atoms with E-state index >= 15 is 0 Å². The molecule has 2 rings (SSSR count). The van der Waals surface area contributed by atoms with Crippen LogP contribution in [0.2, 0.25) is 5.02 Å². The minimum atomic E-state index is -1.06. The lowest BCUT2D eigenvalue weighted by Crippen LogP contribution is -2.06. The summed E-state index contributed by atoms with van der Waals surface area (Å²) in [7, 11) is 0. The van der Waals surface area contributed by atoms with Crippen LogP contribution in [0.25, 0.3) is 0 Å². The van der Waals surface area contributed by atoms with Gasteiger partial charge in [-0.25, -0.2) is 8.78 Å². The first-order chi connectivity index (χ1) is 9.38. The fourth-order valence-corrected chi connectivity index (χ4v) is 2.38. The van der Waals surface area contributed by atoms with Gasteiger partial charge < -0.3 is 5.11 Å².